The summed E-state index contributed by atoms with van der Waals surface area (Å²) in [5, 5.41) is 0. The van der Waals surface area contributed by atoms with E-state index in [4.69, 9.17) is 14.1 Å². The maximum absolute atomic E-state index is 12.9. The Balaban J connectivity index is 1.49. The third-order valence-corrected chi connectivity index (χ3v) is 5.29. The lowest BCUT2D eigenvalue weighted by molar-refractivity contribution is -0.0257. The van der Waals surface area contributed by atoms with Crippen LogP contribution in [-0.2, 0) is 11.2 Å². The minimum Gasteiger partial charge on any atom is -0.456 e. The highest BCUT2D eigenvalue weighted by Gasteiger charge is 2.29. The second kappa shape index (κ2) is 7.68. The number of hydrogen-bond acceptors (Lipinski definition) is 6. The van der Waals surface area contributed by atoms with Gasteiger partial charge in [-0.1, -0.05) is 6.92 Å². The molecule has 2 aromatic rings. The van der Waals surface area contributed by atoms with Crippen LogP contribution in [0.2, 0.25) is 0 Å². The average Bonchev–Trinajstić information content (AvgIpc) is 3.37. The lowest BCUT2D eigenvalue weighted by Crippen LogP contribution is -2.42. The fourth-order valence-electron chi connectivity index (χ4n) is 3.76. The molecule has 2 saturated heterocycles. The monoisotopic (exact) mass is 370 g/mol. The molecular formula is C20H26N4O3. The number of anilines is 1. The first-order valence-electron chi connectivity index (χ1n) is 9.73. The van der Waals surface area contributed by atoms with Gasteiger partial charge < -0.3 is 19.0 Å². The molecule has 144 valence electrons. The number of ether oxygens (including phenoxy) is 1. The van der Waals surface area contributed by atoms with Gasteiger partial charge in [-0.15, -0.1) is 0 Å². The summed E-state index contributed by atoms with van der Waals surface area (Å²) in [4.78, 5) is 26.0. The molecule has 27 heavy (non-hydrogen) atoms. The van der Waals surface area contributed by atoms with Gasteiger partial charge in [-0.2, -0.15) is 0 Å². The first-order valence-corrected chi connectivity index (χ1v) is 9.73. The Morgan fingerprint density at radius 2 is 2.11 bits per heavy atom. The van der Waals surface area contributed by atoms with Gasteiger partial charge in [-0.05, 0) is 37.5 Å². The van der Waals surface area contributed by atoms with Crippen molar-refractivity contribution in [3.63, 3.8) is 0 Å². The molecule has 7 nitrogen and oxygen atoms in total. The zero-order valence-electron chi connectivity index (χ0n) is 16.0. The molecular weight excluding hydrogens is 344 g/mol. The Morgan fingerprint density at radius 1 is 1.30 bits per heavy atom. The van der Waals surface area contributed by atoms with E-state index in [0.717, 1.165) is 42.5 Å². The first kappa shape index (κ1) is 18.0. The van der Waals surface area contributed by atoms with Crippen molar-refractivity contribution >= 4 is 11.9 Å². The van der Waals surface area contributed by atoms with Crippen LogP contribution in [0, 0.1) is 6.92 Å². The van der Waals surface area contributed by atoms with Gasteiger partial charge in [0.05, 0.1) is 18.8 Å². The number of carbonyl (C=O) groups is 1. The van der Waals surface area contributed by atoms with E-state index in [1.165, 1.54) is 12.8 Å². The second-order valence-corrected chi connectivity index (χ2v) is 7.16. The quantitative estimate of drug-likeness (QED) is 0.824. The van der Waals surface area contributed by atoms with Gasteiger partial charge in [0, 0.05) is 32.3 Å². The third kappa shape index (κ3) is 3.69. The molecule has 0 bridgehead atoms. The van der Waals surface area contributed by atoms with E-state index in [1.54, 1.807) is 11.1 Å². The van der Waals surface area contributed by atoms with Gasteiger partial charge >= 0.3 is 0 Å². The Bertz CT molecular complexity index is 813. The standard InChI is InChI=1S/C20H26N4O3/c1-3-16-14(2)12-17(27-16)19(25)24-10-11-26-18(13-24)15-6-7-21-20(22-15)23-8-4-5-9-23/h6-7,12,18H,3-5,8-11,13H2,1-2H3. The summed E-state index contributed by atoms with van der Waals surface area (Å²) in [6.07, 6.45) is 4.68. The van der Waals surface area contributed by atoms with E-state index in [-0.39, 0.29) is 12.0 Å². The molecule has 4 heterocycles. The number of carbonyl (C=O) groups excluding carboxylic acids is 1. The van der Waals surface area contributed by atoms with Crippen LogP contribution in [0.5, 0.6) is 0 Å². The van der Waals surface area contributed by atoms with E-state index < -0.39 is 0 Å². The van der Waals surface area contributed by atoms with E-state index in [0.29, 0.717) is 25.5 Å². The summed E-state index contributed by atoms with van der Waals surface area (Å²) in [6.45, 7) is 7.51. The maximum atomic E-state index is 12.9. The lowest BCUT2D eigenvalue weighted by atomic mass is 10.2. The molecule has 4 rings (SSSR count). The number of hydrogen-bond donors (Lipinski definition) is 0. The molecule has 0 aromatic carbocycles. The lowest BCUT2D eigenvalue weighted by Gasteiger charge is -2.32. The van der Waals surface area contributed by atoms with Gasteiger partial charge in [-0.25, -0.2) is 9.97 Å². The van der Waals surface area contributed by atoms with Gasteiger partial charge in [0.15, 0.2) is 5.76 Å². The topological polar surface area (TPSA) is 71.7 Å². The van der Waals surface area contributed by atoms with Crippen molar-refractivity contribution < 1.29 is 13.9 Å². The van der Waals surface area contributed by atoms with Crippen LogP contribution in [0.4, 0.5) is 5.95 Å². The molecule has 1 atom stereocenters. The molecule has 2 aliphatic rings. The number of morpholine rings is 1. The predicted octanol–water partition coefficient (Wildman–Crippen LogP) is 2.75. The molecule has 0 saturated carbocycles. The largest absolute Gasteiger partial charge is 0.456 e. The van der Waals surface area contributed by atoms with E-state index in [1.807, 2.05) is 26.0 Å². The van der Waals surface area contributed by atoms with Crippen LogP contribution >= 0.6 is 0 Å². The summed E-state index contributed by atoms with van der Waals surface area (Å²) in [5.41, 5.74) is 1.85. The minimum atomic E-state index is -0.242. The van der Waals surface area contributed by atoms with Gasteiger partial charge in [-0.3, -0.25) is 4.79 Å². The van der Waals surface area contributed by atoms with Gasteiger partial charge in [0.25, 0.3) is 5.91 Å². The van der Waals surface area contributed by atoms with Crippen molar-refractivity contribution in [3.05, 3.63) is 41.1 Å². The molecule has 0 aliphatic carbocycles. The number of amides is 1. The van der Waals surface area contributed by atoms with Crippen molar-refractivity contribution in [2.24, 2.45) is 0 Å². The molecule has 0 N–H and O–H groups in total. The first-order chi connectivity index (χ1) is 13.2. The Hall–Kier alpha value is -2.41. The number of aryl methyl sites for hydroxylation is 2. The molecule has 2 aromatic heterocycles. The van der Waals surface area contributed by atoms with Gasteiger partial charge in [0.1, 0.15) is 11.9 Å². The molecule has 7 heteroatoms. The third-order valence-electron chi connectivity index (χ3n) is 5.29. The molecule has 2 aliphatic heterocycles. The summed E-state index contributed by atoms with van der Waals surface area (Å²) < 4.78 is 11.7. The van der Waals surface area contributed by atoms with Crippen molar-refractivity contribution in [2.45, 2.75) is 39.2 Å². The Labute approximate surface area is 159 Å². The van der Waals surface area contributed by atoms with Crippen molar-refractivity contribution in [1.29, 1.82) is 0 Å². The normalized spacial score (nSPS) is 20.3. The summed E-state index contributed by atoms with van der Waals surface area (Å²) >= 11 is 0. The SMILES string of the molecule is CCc1oc(C(=O)N2CCOC(c3ccnc(N4CCCC4)n3)C2)cc1C. The highest BCUT2D eigenvalue weighted by molar-refractivity contribution is 5.92. The summed E-state index contributed by atoms with van der Waals surface area (Å²) in [7, 11) is 0. The number of aromatic nitrogens is 2. The van der Waals surface area contributed by atoms with Crippen LogP contribution in [0.1, 0.15) is 53.4 Å². The Kier molecular flexibility index (Phi) is 5.11. The molecule has 1 amide bonds. The van der Waals surface area contributed by atoms with Crippen LogP contribution in [-0.4, -0.2) is 53.6 Å². The fourth-order valence-corrected chi connectivity index (χ4v) is 3.76. The molecule has 2 fully saturated rings. The summed E-state index contributed by atoms with van der Waals surface area (Å²) in [6, 6.07) is 3.71. The number of furan rings is 1. The number of rotatable bonds is 4. The van der Waals surface area contributed by atoms with Crippen molar-refractivity contribution in [3.8, 4) is 0 Å². The van der Waals surface area contributed by atoms with E-state index in [9.17, 15) is 4.79 Å². The smallest absolute Gasteiger partial charge is 0.289 e. The molecule has 0 spiro atoms. The van der Waals surface area contributed by atoms with Crippen molar-refractivity contribution in [2.75, 3.05) is 37.7 Å². The minimum absolute atomic E-state index is 0.0834. The van der Waals surface area contributed by atoms with E-state index >= 15 is 0 Å². The highest BCUT2D eigenvalue weighted by atomic mass is 16.5. The van der Waals surface area contributed by atoms with Crippen LogP contribution in [0.15, 0.2) is 22.7 Å². The maximum Gasteiger partial charge on any atom is 0.289 e. The molecule has 0 radical (unpaired) electrons. The fraction of sp³-hybridized carbons (Fsp3) is 0.550. The molecule has 1 unspecified atom stereocenters. The van der Waals surface area contributed by atoms with Crippen LogP contribution in [0.25, 0.3) is 0 Å². The van der Waals surface area contributed by atoms with Crippen LogP contribution in [0.3, 0.4) is 0 Å². The van der Waals surface area contributed by atoms with Crippen LogP contribution < -0.4 is 4.90 Å². The van der Waals surface area contributed by atoms with E-state index in [2.05, 4.69) is 9.88 Å². The highest BCUT2D eigenvalue weighted by Crippen LogP contribution is 2.25. The summed E-state index contributed by atoms with van der Waals surface area (Å²) in [5.74, 6) is 1.95. The average molecular weight is 370 g/mol. The zero-order valence-corrected chi connectivity index (χ0v) is 16.0. The second-order valence-electron chi connectivity index (χ2n) is 7.16. The Morgan fingerprint density at radius 3 is 2.85 bits per heavy atom. The number of nitrogens with zero attached hydrogens (tertiary/aromatic N) is 4. The predicted molar refractivity (Wildman–Crippen MR) is 101 cm³/mol. The van der Waals surface area contributed by atoms with Crippen molar-refractivity contribution in [1.82, 2.24) is 14.9 Å². The zero-order chi connectivity index (χ0) is 18.8. The van der Waals surface area contributed by atoms with Gasteiger partial charge in [0.2, 0.25) is 5.95 Å².